The van der Waals surface area contributed by atoms with Gasteiger partial charge in [0.15, 0.2) is 0 Å². The fourth-order valence-corrected chi connectivity index (χ4v) is 5.04. The lowest BCUT2D eigenvalue weighted by atomic mass is 10.2. The Hall–Kier alpha value is -3.30. The second kappa shape index (κ2) is 9.05. The van der Waals surface area contributed by atoms with Crippen LogP contribution in [0.25, 0.3) is 5.69 Å². The number of hydrogen-bond acceptors (Lipinski definition) is 4. The van der Waals surface area contributed by atoms with Crippen molar-refractivity contribution in [2.45, 2.75) is 11.8 Å². The van der Waals surface area contributed by atoms with E-state index in [0.29, 0.717) is 11.4 Å². The summed E-state index contributed by atoms with van der Waals surface area (Å²) in [6.07, 6.45) is 1.51. The Labute approximate surface area is 191 Å². The number of hydrogen-bond donors (Lipinski definition) is 1. The van der Waals surface area contributed by atoms with Crippen LogP contribution in [0.4, 0.5) is 5.69 Å². The van der Waals surface area contributed by atoms with Gasteiger partial charge in [-0.2, -0.15) is 0 Å². The predicted octanol–water partition coefficient (Wildman–Crippen LogP) is 2.88. The Morgan fingerprint density at radius 2 is 1.88 bits per heavy atom. The van der Waals surface area contributed by atoms with Gasteiger partial charge in [-0.3, -0.25) is 18.6 Å². The molecular formula is C22H23ClN4O4S. The molecule has 0 aliphatic carbocycles. The van der Waals surface area contributed by atoms with Crippen LogP contribution in [0.15, 0.2) is 70.9 Å². The molecule has 1 amide bonds. The lowest BCUT2D eigenvalue weighted by molar-refractivity contribution is 0.0958. The van der Waals surface area contributed by atoms with Crippen molar-refractivity contribution in [2.75, 3.05) is 17.9 Å². The highest BCUT2D eigenvalue weighted by molar-refractivity contribution is 7.93. The Kier molecular flexibility index (Phi) is 6.61. The highest BCUT2D eigenvalue weighted by atomic mass is 35.5. The minimum absolute atomic E-state index is 0.0195. The molecule has 3 aromatic rings. The van der Waals surface area contributed by atoms with Crippen LogP contribution in [0.5, 0.6) is 0 Å². The number of anilines is 1. The van der Waals surface area contributed by atoms with E-state index >= 15 is 0 Å². The quantitative estimate of drug-likeness (QED) is 0.533. The normalized spacial score (nSPS) is 11.2. The van der Waals surface area contributed by atoms with Gasteiger partial charge in [-0.05, 0) is 37.3 Å². The number of nitrogens with zero attached hydrogens (tertiary/aromatic N) is 3. The van der Waals surface area contributed by atoms with Gasteiger partial charge in [-0.1, -0.05) is 35.9 Å². The van der Waals surface area contributed by atoms with Crippen molar-refractivity contribution < 1.29 is 13.2 Å². The van der Waals surface area contributed by atoms with Gasteiger partial charge in [0.2, 0.25) is 0 Å². The molecule has 8 nitrogen and oxygen atoms in total. The number of carbonyl (C=O) groups excluding carboxylic acids is 1. The standard InChI is InChI=1S/C22H23ClN4O4S/c1-5-13-24-21(28)16-11-12-18(23)19(14-16)32(30,31)26(4)20-15(2)25(3)27(22(20)29)17-9-7-6-8-10-17/h5-12,14H,1,13H2,2-4H3,(H,24,28). The molecule has 0 unspecified atom stereocenters. The maximum absolute atomic E-state index is 13.4. The van der Waals surface area contributed by atoms with Crippen molar-refractivity contribution >= 4 is 33.2 Å². The lowest BCUT2D eigenvalue weighted by Gasteiger charge is -2.19. The molecule has 0 radical (unpaired) electrons. The molecule has 3 rings (SSSR count). The summed E-state index contributed by atoms with van der Waals surface area (Å²) in [6, 6.07) is 12.9. The third kappa shape index (κ3) is 4.09. The molecule has 1 aromatic heterocycles. The SMILES string of the molecule is C=CCNC(=O)c1ccc(Cl)c(S(=O)(=O)N(C)c2c(C)n(C)n(-c3ccccc3)c2=O)c1. The molecule has 0 aliphatic heterocycles. The van der Waals surface area contributed by atoms with Crippen LogP contribution >= 0.6 is 11.6 Å². The first-order chi connectivity index (χ1) is 15.1. The fraction of sp³-hybridized carbons (Fsp3) is 0.182. The summed E-state index contributed by atoms with van der Waals surface area (Å²) >= 11 is 6.19. The van der Waals surface area contributed by atoms with E-state index in [1.165, 1.54) is 36.0 Å². The van der Waals surface area contributed by atoms with E-state index in [2.05, 4.69) is 11.9 Å². The minimum Gasteiger partial charge on any atom is -0.349 e. The molecule has 0 atom stereocenters. The Morgan fingerprint density at radius 3 is 2.50 bits per heavy atom. The van der Waals surface area contributed by atoms with Crippen LogP contribution < -0.4 is 15.2 Å². The molecule has 0 fully saturated rings. The average molecular weight is 475 g/mol. The summed E-state index contributed by atoms with van der Waals surface area (Å²) in [7, 11) is -1.30. The molecule has 168 valence electrons. The number of carbonyl (C=O) groups is 1. The number of aromatic nitrogens is 2. The number of rotatable bonds is 7. The van der Waals surface area contributed by atoms with Gasteiger partial charge < -0.3 is 5.32 Å². The first-order valence-electron chi connectivity index (χ1n) is 9.62. The number of para-hydroxylation sites is 1. The van der Waals surface area contributed by atoms with Crippen LogP contribution in [0.2, 0.25) is 5.02 Å². The summed E-state index contributed by atoms with van der Waals surface area (Å²) in [5, 5.41) is 2.53. The monoisotopic (exact) mass is 474 g/mol. The van der Waals surface area contributed by atoms with Crippen LogP contribution in [0.1, 0.15) is 16.1 Å². The smallest absolute Gasteiger partial charge is 0.296 e. The summed E-state index contributed by atoms with van der Waals surface area (Å²) in [5.41, 5.74) is 0.641. The first-order valence-corrected chi connectivity index (χ1v) is 11.4. The molecule has 32 heavy (non-hydrogen) atoms. The number of nitrogens with one attached hydrogen (secondary N) is 1. The molecular weight excluding hydrogens is 452 g/mol. The van der Waals surface area contributed by atoms with Crippen molar-refractivity contribution in [3.8, 4) is 5.69 Å². The maximum Gasteiger partial charge on any atom is 0.296 e. The van der Waals surface area contributed by atoms with E-state index in [0.717, 1.165) is 4.31 Å². The maximum atomic E-state index is 13.4. The van der Waals surface area contributed by atoms with Gasteiger partial charge in [-0.15, -0.1) is 6.58 Å². The molecule has 0 aliphatic rings. The summed E-state index contributed by atoms with van der Waals surface area (Å²) in [5.74, 6) is -0.469. The fourth-order valence-electron chi connectivity index (χ4n) is 3.29. The zero-order chi connectivity index (χ0) is 23.6. The average Bonchev–Trinajstić information content (AvgIpc) is 3.00. The van der Waals surface area contributed by atoms with Gasteiger partial charge in [0, 0.05) is 26.2 Å². The van der Waals surface area contributed by atoms with Gasteiger partial charge >= 0.3 is 0 Å². The van der Waals surface area contributed by atoms with Crippen LogP contribution in [-0.2, 0) is 17.1 Å². The Morgan fingerprint density at radius 1 is 1.22 bits per heavy atom. The van der Waals surface area contributed by atoms with Gasteiger partial charge in [0.1, 0.15) is 10.6 Å². The third-order valence-electron chi connectivity index (χ3n) is 5.08. The number of sulfonamides is 1. The topological polar surface area (TPSA) is 93.4 Å². The Bertz CT molecular complexity index is 1340. The lowest BCUT2D eigenvalue weighted by Crippen LogP contribution is -2.32. The van der Waals surface area contributed by atoms with Crippen LogP contribution in [0.3, 0.4) is 0 Å². The van der Waals surface area contributed by atoms with E-state index in [-0.39, 0.29) is 27.7 Å². The largest absolute Gasteiger partial charge is 0.349 e. The molecule has 1 N–H and O–H groups in total. The van der Waals surface area contributed by atoms with E-state index in [1.807, 2.05) is 6.07 Å². The summed E-state index contributed by atoms with van der Waals surface area (Å²) in [6.45, 7) is 5.41. The second-order valence-corrected chi connectivity index (χ2v) is 9.37. The van der Waals surface area contributed by atoms with Crippen LogP contribution in [-0.4, -0.2) is 37.3 Å². The van der Waals surface area contributed by atoms with E-state index in [1.54, 1.807) is 42.9 Å². The van der Waals surface area contributed by atoms with Crippen molar-refractivity contribution in [1.82, 2.24) is 14.7 Å². The molecule has 0 saturated carbocycles. The van der Waals surface area contributed by atoms with Gasteiger partial charge in [0.05, 0.1) is 16.4 Å². The molecule has 0 saturated heterocycles. The van der Waals surface area contributed by atoms with Crippen molar-refractivity contribution in [2.24, 2.45) is 7.05 Å². The summed E-state index contributed by atoms with van der Waals surface area (Å²) in [4.78, 5) is 25.2. The van der Waals surface area contributed by atoms with E-state index in [9.17, 15) is 18.0 Å². The summed E-state index contributed by atoms with van der Waals surface area (Å²) < 4.78 is 30.7. The highest BCUT2D eigenvalue weighted by Gasteiger charge is 2.30. The Balaban J connectivity index is 2.11. The predicted molar refractivity (Wildman–Crippen MR) is 125 cm³/mol. The van der Waals surface area contributed by atoms with Crippen LogP contribution in [0, 0.1) is 6.92 Å². The van der Waals surface area contributed by atoms with Gasteiger partial charge in [-0.25, -0.2) is 13.1 Å². The molecule has 10 heteroatoms. The van der Waals surface area contributed by atoms with Crippen molar-refractivity contribution in [1.29, 1.82) is 0 Å². The third-order valence-corrected chi connectivity index (χ3v) is 7.32. The van der Waals surface area contributed by atoms with E-state index < -0.39 is 21.5 Å². The number of amides is 1. The second-order valence-electron chi connectivity index (χ2n) is 7.03. The molecule has 0 spiro atoms. The molecule has 0 bridgehead atoms. The van der Waals surface area contributed by atoms with Crippen molar-refractivity contribution in [3.05, 3.63) is 87.8 Å². The first kappa shape index (κ1) is 23.4. The van der Waals surface area contributed by atoms with E-state index in [4.69, 9.17) is 11.6 Å². The number of benzene rings is 2. The zero-order valence-electron chi connectivity index (χ0n) is 17.9. The number of halogens is 1. The van der Waals surface area contributed by atoms with Crippen molar-refractivity contribution in [3.63, 3.8) is 0 Å². The van der Waals surface area contributed by atoms with Gasteiger partial charge in [0.25, 0.3) is 21.5 Å². The highest BCUT2D eigenvalue weighted by Crippen LogP contribution is 2.29. The molecule has 2 aromatic carbocycles. The minimum atomic E-state index is -4.26. The molecule has 1 heterocycles. The zero-order valence-corrected chi connectivity index (χ0v) is 19.4.